The van der Waals surface area contributed by atoms with Gasteiger partial charge in [-0.05, 0) is 49.1 Å². The van der Waals surface area contributed by atoms with Gasteiger partial charge in [0.2, 0.25) is 11.9 Å². The number of nitrogens with zero attached hydrogens (tertiary/aromatic N) is 3. The second-order valence-electron chi connectivity index (χ2n) is 7.81. The van der Waals surface area contributed by atoms with Gasteiger partial charge in [-0.25, -0.2) is 14.3 Å². The molecule has 0 radical (unpaired) electrons. The van der Waals surface area contributed by atoms with Crippen molar-refractivity contribution in [1.82, 2.24) is 15.3 Å². The van der Waals surface area contributed by atoms with Crippen LogP contribution in [0.15, 0.2) is 42.6 Å². The van der Waals surface area contributed by atoms with E-state index >= 15 is 0 Å². The third kappa shape index (κ3) is 4.79. The standard InChI is InChI=1S/C24H24ClFN6O2/c1-14(33)32(16-10-9-15-6-3-4-11-28-20(15)12-16)24-29-13-18(25)22(31-24)30-21-17(23(34)27-2)7-5-8-19(21)26/h5,7-10,12-13,28H,3-4,6,11H2,1-2H3,(H,27,34)(H,29,30,31). The number of halogens is 2. The summed E-state index contributed by atoms with van der Waals surface area (Å²) in [5.41, 5.74) is 2.74. The highest BCUT2D eigenvalue weighted by Crippen LogP contribution is 2.33. The maximum Gasteiger partial charge on any atom is 0.253 e. The van der Waals surface area contributed by atoms with Crippen LogP contribution in [0.25, 0.3) is 0 Å². The highest BCUT2D eigenvalue weighted by molar-refractivity contribution is 6.33. The highest BCUT2D eigenvalue weighted by atomic mass is 35.5. The molecule has 0 saturated carbocycles. The second kappa shape index (κ2) is 10.0. The predicted octanol–water partition coefficient (Wildman–Crippen LogP) is 4.81. The van der Waals surface area contributed by atoms with Gasteiger partial charge in [-0.15, -0.1) is 0 Å². The number of aromatic nitrogens is 2. The number of hydrogen-bond donors (Lipinski definition) is 3. The molecule has 176 valence electrons. The largest absolute Gasteiger partial charge is 0.385 e. The number of anilines is 5. The van der Waals surface area contributed by atoms with Gasteiger partial charge in [0.15, 0.2) is 5.82 Å². The van der Waals surface area contributed by atoms with Crippen LogP contribution in [0.5, 0.6) is 0 Å². The molecule has 0 bridgehead atoms. The van der Waals surface area contributed by atoms with Crippen molar-refractivity contribution in [1.29, 1.82) is 0 Å². The zero-order chi connectivity index (χ0) is 24.2. The number of aryl methyl sites for hydroxylation is 1. The number of hydrogen-bond acceptors (Lipinski definition) is 6. The first kappa shape index (κ1) is 23.4. The summed E-state index contributed by atoms with van der Waals surface area (Å²) in [7, 11) is 1.45. The maximum atomic E-state index is 14.6. The van der Waals surface area contributed by atoms with Crippen LogP contribution in [0.3, 0.4) is 0 Å². The zero-order valence-electron chi connectivity index (χ0n) is 18.8. The van der Waals surface area contributed by atoms with Gasteiger partial charge in [-0.3, -0.25) is 9.59 Å². The van der Waals surface area contributed by atoms with Crippen LogP contribution < -0.4 is 20.9 Å². The normalized spacial score (nSPS) is 12.7. The van der Waals surface area contributed by atoms with Crippen LogP contribution in [0, 0.1) is 5.82 Å². The number of nitrogens with one attached hydrogen (secondary N) is 3. The Morgan fingerprint density at radius 3 is 2.79 bits per heavy atom. The van der Waals surface area contributed by atoms with Crippen LogP contribution >= 0.6 is 11.6 Å². The fourth-order valence-corrected chi connectivity index (χ4v) is 3.97. The molecule has 0 fully saturated rings. The minimum atomic E-state index is -0.655. The van der Waals surface area contributed by atoms with Gasteiger partial charge in [0, 0.05) is 26.2 Å². The molecule has 3 aromatic rings. The summed E-state index contributed by atoms with van der Waals surface area (Å²) in [6.07, 6.45) is 4.46. The van der Waals surface area contributed by atoms with Crippen molar-refractivity contribution in [3.05, 3.63) is 64.6 Å². The van der Waals surface area contributed by atoms with Crippen LogP contribution in [-0.4, -0.2) is 35.4 Å². The molecule has 8 nitrogen and oxygen atoms in total. The van der Waals surface area contributed by atoms with Crippen molar-refractivity contribution in [3.8, 4) is 0 Å². The molecule has 1 aromatic heterocycles. The lowest BCUT2D eigenvalue weighted by Crippen LogP contribution is -2.25. The minimum absolute atomic E-state index is 0.0565. The van der Waals surface area contributed by atoms with Gasteiger partial charge in [0.05, 0.1) is 23.1 Å². The summed E-state index contributed by atoms with van der Waals surface area (Å²) >= 11 is 6.28. The van der Waals surface area contributed by atoms with E-state index in [0.29, 0.717) is 5.69 Å². The molecule has 0 saturated heterocycles. The van der Waals surface area contributed by atoms with Crippen molar-refractivity contribution in [2.24, 2.45) is 0 Å². The molecular weight excluding hydrogens is 459 g/mol. The van der Waals surface area contributed by atoms with Crippen LogP contribution in [-0.2, 0) is 11.2 Å². The van der Waals surface area contributed by atoms with E-state index in [9.17, 15) is 14.0 Å². The van der Waals surface area contributed by atoms with Gasteiger partial charge in [0.25, 0.3) is 5.91 Å². The SMILES string of the molecule is CNC(=O)c1cccc(F)c1Nc1nc(N(C(C)=O)c2ccc3c(c2)NCCCC3)ncc1Cl. The third-order valence-corrected chi connectivity index (χ3v) is 5.79. The van der Waals surface area contributed by atoms with Crippen LogP contribution in [0.4, 0.5) is 33.2 Å². The number of para-hydroxylation sites is 1. The second-order valence-corrected chi connectivity index (χ2v) is 8.22. The van der Waals surface area contributed by atoms with E-state index in [1.807, 2.05) is 18.2 Å². The van der Waals surface area contributed by atoms with Crippen molar-refractivity contribution < 1.29 is 14.0 Å². The Morgan fingerprint density at radius 1 is 1.21 bits per heavy atom. The molecule has 3 N–H and O–H groups in total. The van der Waals surface area contributed by atoms with Gasteiger partial charge < -0.3 is 16.0 Å². The minimum Gasteiger partial charge on any atom is -0.385 e. The molecule has 34 heavy (non-hydrogen) atoms. The summed E-state index contributed by atoms with van der Waals surface area (Å²) in [5, 5.41) is 8.77. The average molecular weight is 483 g/mol. The molecule has 10 heteroatoms. The summed E-state index contributed by atoms with van der Waals surface area (Å²) < 4.78 is 14.6. The Morgan fingerprint density at radius 2 is 2.03 bits per heavy atom. The van der Waals surface area contributed by atoms with E-state index in [1.54, 1.807) is 0 Å². The Hall–Kier alpha value is -3.72. The molecule has 0 atom stereocenters. The number of rotatable bonds is 5. The summed E-state index contributed by atoms with van der Waals surface area (Å²) in [4.78, 5) is 34.8. The lowest BCUT2D eigenvalue weighted by molar-refractivity contribution is -0.115. The molecule has 2 heterocycles. The fourth-order valence-electron chi connectivity index (χ4n) is 3.83. The smallest absolute Gasteiger partial charge is 0.253 e. The van der Waals surface area contributed by atoms with E-state index in [-0.39, 0.29) is 33.9 Å². The monoisotopic (exact) mass is 482 g/mol. The van der Waals surface area contributed by atoms with E-state index in [1.165, 1.54) is 48.8 Å². The first-order valence-electron chi connectivity index (χ1n) is 10.9. The molecule has 2 aromatic carbocycles. The predicted molar refractivity (Wildman–Crippen MR) is 131 cm³/mol. The molecule has 0 spiro atoms. The zero-order valence-corrected chi connectivity index (χ0v) is 19.5. The lowest BCUT2D eigenvalue weighted by atomic mass is 10.1. The van der Waals surface area contributed by atoms with Crippen LogP contribution in [0.1, 0.15) is 35.7 Å². The van der Waals surface area contributed by atoms with Gasteiger partial charge >= 0.3 is 0 Å². The van der Waals surface area contributed by atoms with E-state index in [4.69, 9.17) is 11.6 Å². The van der Waals surface area contributed by atoms with Crippen molar-refractivity contribution in [2.75, 3.05) is 29.1 Å². The highest BCUT2D eigenvalue weighted by Gasteiger charge is 2.22. The first-order chi connectivity index (χ1) is 16.4. The Labute approximate surface area is 201 Å². The molecule has 1 aliphatic rings. The maximum absolute atomic E-state index is 14.6. The summed E-state index contributed by atoms with van der Waals surface area (Å²) in [6, 6.07) is 9.86. The van der Waals surface area contributed by atoms with Crippen molar-refractivity contribution >= 4 is 52.2 Å². The average Bonchev–Trinajstić information content (AvgIpc) is 3.06. The Balaban J connectivity index is 1.73. The quantitative estimate of drug-likeness (QED) is 0.483. The molecular formula is C24H24ClFN6O2. The van der Waals surface area contributed by atoms with E-state index in [2.05, 4.69) is 25.9 Å². The van der Waals surface area contributed by atoms with Crippen molar-refractivity contribution in [3.63, 3.8) is 0 Å². The molecule has 0 unspecified atom stereocenters. The Kier molecular flexibility index (Phi) is 6.93. The van der Waals surface area contributed by atoms with E-state index in [0.717, 1.165) is 31.5 Å². The molecule has 1 aliphatic heterocycles. The summed E-state index contributed by atoms with van der Waals surface area (Å²) in [6.45, 7) is 2.27. The van der Waals surface area contributed by atoms with Gasteiger partial charge in [-0.2, -0.15) is 4.98 Å². The fraction of sp³-hybridized carbons (Fsp3) is 0.250. The number of amides is 2. The van der Waals surface area contributed by atoms with E-state index < -0.39 is 11.7 Å². The third-order valence-electron chi connectivity index (χ3n) is 5.51. The lowest BCUT2D eigenvalue weighted by Gasteiger charge is -2.22. The number of benzene rings is 2. The summed E-state index contributed by atoms with van der Waals surface area (Å²) in [5.74, 6) is -1.32. The number of fused-ring (bicyclic) bond motifs is 1. The first-order valence-corrected chi connectivity index (χ1v) is 11.2. The van der Waals surface area contributed by atoms with Gasteiger partial charge in [-0.1, -0.05) is 23.7 Å². The molecule has 4 rings (SSSR count). The Bertz CT molecular complexity index is 1250. The number of carbonyl (C=O) groups is 2. The van der Waals surface area contributed by atoms with Crippen LogP contribution in [0.2, 0.25) is 5.02 Å². The molecule has 0 aliphatic carbocycles. The topological polar surface area (TPSA) is 99.3 Å². The van der Waals surface area contributed by atoms with Gasteiger partial charge in [0.1, 0.15) is 10.8 Å². The van der Waals surface area contributed by atoms with Crippen molar-refractivity contribution in [2.45, 2.75) is 26.2 Å². The molecule has 2 amide bonds. The number of carbonyl (C=O) groups excluding carboxylic acids is 2.